The van der Waals surface area contributed by atoms with E-state index in [1.165, 1.54) is 0 Å². The van der Waals surface area contributed by atoms with Crippen molar-refractivity contribution in [1.82, 2.24) is 0 Å². The molecule has 0 aliphatic rings. The van der Waals surface area contributed by atoms with Crippen molar-refractivity contribution < 1.29 is 9.59 Å². The summed E-state index contributed by atoms with van der Waals surface area (Å²) in [5.41, 5.74) is 0. The zero-order valence-electron chi connectivity index (χ0n) is 12.7. The van der Waals surface area contributed by atoms with Crippen molar-refractivity contribution in [2.45, 2.75) is 52.1 Å². The molecule has 0 spiro atoms. The van der Waals surface area contributed by atoms with Crippen LogP contribution in [-0.4, -0.2) is 37.7 Å². The quantitative estimate of drug-likeness (QED) is 0.674. The molecule has 0 saturated heterocycles. The van der Waals surface area contributed by atoms with Crippen LogP contribution in [-0.2, 0) is 20.6 Å². The Morgan fingerprint density at radius 1 is 0.889 bits per heavy atom. The van der Waals surface area contributed by atoms with Gasteiger partial charge >= 0.3 is 0 Å². The molecule has 0 fully saturated rings. The van der Waals surface area contributed by atoms with Gasteiger partial charge in [-0.15, -0.1) is 9.45 Å². The Morgan fingerprint density at radius 2 is 1.17 bits per heavy atom. The van der Waals surface area contributed by atoms with Crippen LogP contribution in [0.25, 0.3) is 0 Å². The highest BCUT2D eigenvalue weighted by Crippen LogP contribution is 2.18. The minimum absolute atomic E-state index is 0.00596. The Labute approximate surface area is 122 Å². The zero-order chi connectivity index (χ0) is 14.6. The van der Waals surface area contributed by atoms with Crippen molar-refractivity contribution in [3.05, 3.63) is 0 Å². The molecular weight excluding hydrogens is 296 g/mol. The van der Waals surface area contributed by atoms with E-state index >= 15 is 0 Å². The van der Waals surface area contributed by atoms with Gasteiger partial charge in [0.25, 0.3) is 0 Å². The Hall–Kier alpha value is 0.924. The SMILES string of the molecule is CC(CS(=S)CC(C)C[Si](C)(C)O)C[Si](C)(C)O. The number of hydrogen-bond donors (Lipinski definition) is 2. The second-order valence-corrected chi connectivity index (χ2v) is 18.0. The highest BCUT2D eigenvalue weighted by atomic mass is 32.8. The van der Waals surface area contributed by atoms with Crippen molar-refractivity contribution in [1.29, 1.82) is 0 Å². The maximum atomic E-state index is 9.92. The van der Waals surface area contributed by atoms with Gasteiger partial charge < -0.3 is 9.59 Å². The van der Waals surface area contributed by atoms with E-state index < -0.39 is 16.6 Å². The summed E-state index contributed by atoms with van der Waals surface area (Å²) in [6, 6.07) is 1.89. The van der Waals surface area contributed by atoms with Crippen LogP contribution < -0.4 is 0 Å². The van der Waals surface area contributed by atoms with Gasteiger partial charge in [-0.1, -0.05) is 25.0 Å². The largest absolute Gasteiger partial charge is 0.432 e. The molecule has 0 saturated carbocycles. The predicted octanol–water partition coefficient (Wildman–Crippen LogP) is 2.73. The van der Waals surface area contributed by atoms with Crippen LogP contribution in [0.1, 0.15) is 13.8 Å². The summed E-state index contributed by atoms with van der Waals surface area (Å²) in [5, 5.41) is 0. The van der Waals surface area contributed by atoms with Crippen LogP contribution in [0.3, 0.4) is 0 Å². The fraction of sp³-hybridized carbons (Fsp3) is 1.00. The second-order valence-electron chi connectivity index (χ2n) is 7.02. The van der Waals surface area contributed by atoms with E-state index in [0.29, 0.717) is 11.8 Å². The van der Waals surface area contributed by atoms with E-state index in [1.54, 1.807) is 0 Å². The molecule has 0 heterocycles. The molecule has 2 nitrogen and oxygen atoms in total. The fourth-order valence-electron chi connectivity index (χ4n) is 2.53. The van der Waals surface area contributed by atoms with Gasteiger partial charge in [0.15, 0.2) is 16.6 Å². The highest BCUT2D eigenvalue weighted by Gasteiger charge is 2.23. The molecule has 18 heavy (non-hydrogen) atoms. The first-order valence-electron chi connectivity index (χ1n) is 6.69. The minimum atomic E-state index is -1.94. The third-order valence-corrected chi connectivity index (χ3v) is 8.73. The third kappa shape index (κ3) is 12.0. The van der Waals surface area contributed by atoms with E-state index in [-0.39, 0.29) is 9.45 Å². The average Bonchev–Trinajstić information content (AvgIpc) is 1.92. The molecule has 0 aromatic carbocycles. The molecule has 110 valence electrons. The molecule has 0 radical (unpaired) electrons. The van der Waals surface area contributed by atoms with Crippen molar-refractivity contribution in [2.75, 3.05) is 11.5 Å². The van der Waals surface area contributed by atoms with Gasteiger partial charge in [0.05, 0.1) is 0 Å². The summed E-state index contributed by atoms with van der Waals surface area (Å²) in [7, 11) is -3.87. The van der Waals surface area contributed by atoms with Crippen LogP contribution in [0.2, 0.25) is 38.3 Å². The smallest absolute Gasteiger partial charge is 0.182 e. The Kier molecular flexibility index (Phi) is 8.03. The summed E-state index contributed by atoms with van der Waals surface area (Å²) in [6.07, 6.45) is 0. The molecular formula is C12H30O2S2Si2. The first-order chi connectivity index (χ1) is 7.89. The number of rotatable bonds is 8. The average molecular weight is 327 g/mol. The van der Waals surface area contributed by atoms with Gasteiger partial charge in [0, 0.05) is 11.5 Å². The lowest BCUT2D eigenvalue weighted by Crippen LogP contribution is -2.31. The summed E-state index contributed by atoms with van der Waals surface area (Å²) in [6.45, 7) is 12.4. The highest BCUT2D eigenvalue weighted by molar-refractivity contribution is 8.28. The summed E-state index contributed by atoms with van der Waals surface area (Å²) >= 11 is 5.56. The molecule has 0 aliphatic carbocycles. The summed E-state index contributed by atoms with van der Waals surface area (Å²) in [5.74, 6) is 3.15. The van der Waals surface area contributed by atoms with Crippen molar-refractivity contribution in [3.8, 4) is 0 Å². The number of hydrogen-bond acceptors (Lipinski definition) is 3. The van der Waals surface area contributed by atoms with Gasteiger partial charge in [-0.25, -0.2) is 0 Å². The molecule has 2 unspecified atom stereocenters. The Bertz CT molecular complexity index is 246. The Morgan fingerprint density at radius 3 is 1.39 bits per heavy atom. The van der Waals surface area contributed by atoms with Crippen LogP contribution in [0.15, 0.2) is 0 Å². The predicted molar refractivity (Wildman–Crippen MR) is 91.8 cm³/mol. The lowest BCUT2D eigenvalue weighted by Gasteiger charge is -2.23. The molecule has 0 rings (SSSR count). The lowest BCUT2D eigenvalue weighted by atomic mass is 10.3. The topological polar surface area (TPSA) is 40.5 Å². The molecule has 0 aromatic heterocycles. The van der Waals surface area contributed by atoms with Gasteiger partial charge in [-0.2, -0.15) is 0 Å². The van der Waals surface area contributed by atoms with Crippen LogP contribution in [0.4, 0.5) is 0 Å². The zero-order valence-corrected chi connectivity index (χ0v) is 16.3. The first kappa shape index (κ1) is 18.9. The van der Waals surface area contributed by atoms with Crippen molar-refractivity contribution in [2.24, 2.45) is 11.8 Å². The molecule has 2 N–H and O–H groups in total. The van der Waals surface area contributed by atoms with E-state index in [1.807, 2.05) is 26.2 Å². The van der Waals surface area contributed by atoms with Crippen molar-refractivity contribution in [3.63, 3.8) is 0 Å². The first-order valence-corrected chi connectivity index (χ1v) is 15.5. The fourth-order valence-corrected chi connectivity index (χ4v) is 9.68. The maximum absolute atomic E-state index is 9.92. The molecule has 2 atom stereocenters. The molecule has 0 aromatic rings. The molecule has 0 amide bonds. The normalized spacial score (nSPS) is 18.4. The van der Waals surface area contributed by atoms with Crippen LogP contribution in [0.5, 0.6) is 0 Å². The van der Waals surface area contributed by atoms with E-state index in [4.69, 9.17) is 11.2 Å². The summed E-state index contributed by atoms with van der Waals surface area (Å²) < 4.78 is 0. The van der Waals surface area contributed by atoms with Crippen molar-refractivity contribution >= 4 is 37.3 Å². The minimum Gasteiger partial charge on any atom is -0.432 e. The second kappa shape index (κ2) is 7.64. The van der Waals surface area contributed by atoms with Gasteiger partial charge in [-0.05, 0) is 50.1 Å². The van der Waals surface area contributed by atoms with Gasteiger partial charge in [0.1, 0.15) is 0 Å². The Balaban J connectivity index is 4.04. The van der Waals surface area contributed by atoms with E-state index in [0.717, 1.165) is 23.6 Å². The van der Waals surface area contributed by atoms with Crippen LogP contribution >= 0.6 is 0 Å². The van der Waals surface area contributed by atoms with Gasteiger partial charge in [-0.3, -0.25) is 0 Å². The lowest BCUT2D eigenvalue weighted by molar-refractivity contribution is 0.527. The monoisotopic (exact) mass is 326 g/mol. The van der Waals surface area contributed by atoms with E-state index in [2.05, 4.69) is 13.8 Å². The summed E-state index contributed by atoms with van der Waals surface area (Å²) in [4.78, 5) is 19.8. The van der Waals surface area contributed by atoms with E-state index in [9.17, 15) is 9.59 Å². The molecule has 6 heteroatoms. The van der Waals surface area contributed by atoms with Gasteiger partial charge in [0.2, 0.25) is 0 Å². The molecule has 0 aliphatic heterocycles. The molecule has 0 bridgehead atoms. The maximum Gasteiger partial charge on any atom is 0.182 e. The third-order valence-electron chi connectivity index (χ3n) is 2.64. The standard InChI is InChI=1S/C12H30O2S2Si2/c1-11(9-17(3,4)13)7-16(15)8-12(2)10-18(5,6)14/h11-14H,7-10H2,1-6H3. The van der Waals surface area contributed by atoms with Crippen LogP contribution in [0, 0.1) is 11.8 Å².